The molecule has 3 aromatic heterocycles. The number of Topliss-reactive ketones (excluding diaryl/α,β-unsaturated/α-hetero) is 3. The number of ether oxygens (including phenoxy) is 5. The monoisotopic (exact) mass is 1070 g/mol. The van der Waals surface area contributed by atoms with Crippen LogP contribution in [0.1, 0.15) is 101 Å². The van der Waals surface area contributed by atoms with Gasteiger partial charge in [-0.05, 0) is 60.8 Å². The van der Waals surface area contributed by atoms with Crippen LogP contribution < -0.4 is 47.4 Å². The zero-order valence-corrected chi connectivity index (χ0v) is 40.9. The zero-order chi connectivity index (χ0) is 55.9. The number of aliphatic carboxylic acids is 1. The lowest BCUT2D eigenvalue weighted by Crippen LogP contribution is -2.43. The molecule has 3 rings (SSSR count). The molecule has 3 amide bonds. The van der Waals surface area contributed by atoms with Crippen LogP contribution in [0.5, 0.6) is 0 Å². The van der Waals surface area contributed by atoms with Crippen molar-refractivity contribution in [3.63, 3.8) is 0 Å². The van der Waals surface area contributed by atoms with Crippen molar-refractivity contribution in [3.8, 4) is 0 Å². The lowest BCUT2D eigenvalue weighted by molar-refractivity contribution is -0.150. The van der Waals surface area contributed by atoms with Crippen molar-refractivity contribution in [2.24, 2.45) is 0 Å². The maximum absolute atomic E-state index is 12.1. The summed E-state index contributed by atoms with van der Waals surface area (Å²) in [7, 11) is 0. The molecule has 0 saturated carbocycles. The summed E-state index contributed by atoms with van der Waals surface area (Å²) in [5, 5.41) is 15.7. The van der Waals surface area contributed by atoms with E-state index >= 15 is 0 Å². The molecule has 3 aromatic rings. The molecule has 0 fully saturated rings. The molecule has 0 unspecified atom stereocenters. The highest BCUT2D eigenvalue weighted by atomic mass is 16.6. The van der Waals surface area contributed by atoms with Crippen LogP contribution in [0.15, 0.2) is 40.9 Å². The van der Waals surface area contributed by atoms with Crippen LogP contribution in [-0.4, -0.2) is 128 Å². The first-order valence-corrected chi connectivity index (χ1v) is 21.6. The number of esters is 2. The number of nitrogens with zero attached hydrogens (tertiary/aromatic N) is 3. The molecule has 0 aliphatic carbocycles. The van der Waals surface area contributed by atoms with E-state index in [9.17, 15) is 57.5 Å². The largest absolute Gasteiger partial charge is 0.519 e. The smallest absolute Gasteiger partial charge is 0.480 e. The van der Waals surface area contributed by atoms with Gasteiger partial charge in [0.25, 0.3) is 20.2 Å². The molecule has 30 heteroatoms. The number of carboxylic acid groups (broad SMARTS) is 1. The van der Waals surface area contributed by atoms with Crippen molar-refractivity contribution in [1.29, 1.82) is 0 Å². The first kappa shape index (κ1) is 65.6. The molecule has 0 saturated heterocycles. The van der Waals surface area contributed by atoms with Gasteiger partial charge < -0.3 is 71.2 Å². The van der Waals surface area contributed by atoms with E-state index in [-0.39, 0.29) is 112 Å². The van der Waals surface area contributed by atoms with E-state index in [0.717, 1.165) is 18.6 Å². The second kappa shape index (κ2) is 34.9. The summed E-state index contributed by atoms with van der Waals surface area (Å²) in [6.45, 7) is 17.7. The van der Waals surface area contributed by atoms with E-state index < -0.39 is 90.3 Å². The van der Waals surface area contributed by atoms with Gasteiger partial charge in [-0.15, -0.1) is 14.0 Å². The number of carbonyl (C=O) groups excluding carboxylic acids is 8. The quantitative estimate of drug-likeness (QED) is 0.0361. The predicted octanol–water partition coefficient (Wildman–Crippen LogP) is 0.207. The van der Waals surface area contributed by atoms with Crippen LogP contribution >= 0.6 is 0 Å². The lowest BCUT2D eigenvalue weighted by Gasteiger charge is -2.18. The Labute approximate surface area is 424 Å². The molecular formula is C45H59N6O24+3. The standard InChI is InChI=1S/C16H20N2O8.C15H18N2O8.C13H14N2O8.CH4/c1-9(2)24-14(20)12(6-5-11(19)7-17-4)18-15(21)23-8-13-10(3)25-16(22)26-13;1-4-22-13(19)11(6-5-10(18)7-16-3)17-14(20)23-8-12-9(2)24-15(21)25-12;1-7-10(23-13(20)22-7)6-21-12(19)15-9(11(17)18)4-3-8(16)5-14-2;/h7,9,12H,4-6,8H2,1-3H3;7,11H,3-6,8H2,1-2H3;5,9H,2-4,6H2,1H3,(H-,15,17,18,19);1H4/p+3/t12-;11-;9-;/m000./s1. The average molecular weight is 1070 g/mol. The van der Waals surface area contributed by atoms with Crippen molar-refractivity contribution < 1.29 is 98.4 Å². The summed E-state index contributed by atoms with van der Waals surface area (Å²) in [4.78, 5) is 137. The van der Waals surface area contributed by atoms with Gasteiger partial charge in [0.15, 0.2) is 54.4 Å². The van der Waals surface area contributed by atoms with Crippen LogP contribution in [0.3, 0.4) is 0 Å². The van der Waals surface area contributed by atoms with Crippen LogP contribution in [0.25, 0.3) is 0 Å². The van der Waals surface area contributed by atoms with Crippen LogP contribution in [0.4, 0.5) is 14.4 Å². The van der Waals surface area contributed by atoms with Crippen LogP contribution in [-0.2, 0) is 72.3 Å². The van der Waals surface area contributed by atoms with Gasteiger partial charge in [0.2, 0.25) is 17.3 Å². The second-order valence-corrected chi connectivity index (χ2v) is 14.6. The number of nitrogens with one attached hydrogen (secondary N) is 3. The Balaban J connectivity index is 0.00000109. The maximum atomic E-state index is 12.1. The molecule has 0 aromatic carbocycles. The Bertz CT molecular complexity index is 2770. The van der Waals surface area contributed by atoms with E-state index in [2.05, 4.69) is 72.2 Å². The average Bonchev–Trinajstić information content (AvgIpc) is 3.96. The predicted molar refractivity (Wildman–Crippen MR) is 258 cm³/mol. The highest BCUT2D eigenvalue weighted by Gasteiger charge is 2.27. The van der Waals surface area contributed by atoms with Gasteiger partial charge in [0.1, 0.15) is 18.1 Å². The minimum atomic E-state index is -1.33. The number of rotatable bonds is 26. The molecule has 0 aliphatic heterocycles. The number of ketones is 3. The van der Waals surface area contributed by atoms with Crippen molar-refractivity contribution in [1.82, 2.24) is 30.0 Å². The molecular weight excluding hydrogens is 1010 g/mol. The molecule has 4 N–H and O–H groups in total. The maximum Gasteiger partial charge on any atom is 0.519 e. The first-order chi connectivity index (χ1) is 34.9. The number of aryl methyl sites for hydroxylation is 3. The number of hydrogen-bond donors (Lipinski definition) is 4. The fourth-order valence-corrected chi connectivity index (χ4v) is 5.14. The normalized spacial score (nSPS) is 11.1. The number of carbonyl (C=O) groups is 9. The third kappa shape index (κ3) is 27.1. The van der Waals surface area contributed by atoms with Gasteiger partial charge in [0.05, 0.1) is 12.7 Å². The fourth-order valence-electron chi connectivity index (χ4n) is 5.14. The second-order valence-electron chi connectivity index (χ2n) is 14.6. The number of alkyl carbamates (subject to hydrolysis) is 3. The van der Waals surface area contributed by atoms with E-state index in [1.165, 1.54) is 20.8 Å². The zero-order valence-electron chi connectivity index (χ0n) is 40.9. The van der Waals surface area contributed by atoms with E-state index in [1.807, 2.05) is 0 Å². The molecule has 0 radical (unpaired) electrons. The van der Waals surface area contributed by atoms with E-state index in [1.54, 1.807) is 20.8 Å². The SMILES string of the molecule is C.C=[N+]=CC(=O)CC[C@H](NC(=O)OCc1oc(=O)oc1C)C(=O)O.C=[N+]=CC(=O)CC[C@H](NC(=O)OCc1oc(=O)oc1C)C(=O)OC(C)C.C=[N+]=CC(=O)CC[C@H](NC(=O)OCc1oc(=O)oc1C)C(=O)OCC. The minimum absolute atomic E-state index is 0. The Hall–Kier alpha value is -9.39. The Kier molecular flexibility index (Phi) is 30.5. The van der Waals surface area contributed by atoms with E-state index in [4.69, 9.17) is 33.2 Å². The van der Waals surface area contributed by atoms with Gasteiger partial charge in [-0.1, -0.05) is 7.43 Å². The van der Waals surface area contributed by atoms with Crippen molar-refractivity contribution >= 4 is 92.3 Å². The molecule has 30 nitrogen and oxygen atoms in total. The van der Waals surface area contributed by atoms with Gasteiger partial charge in [-0.3, -0.25) is 14.4 Å². The number of amides is 3. The topological polar surface area (TPSA) is 428 Å². The summed E-state index contributed by atoms with van der Waals surface area (Å²) in [5.41, 5.74) is 0. The van der Waals surface area contributed by atoms with Crippen LogP contribution in [0.2, 0.25) is 0 Å². The molecule has 3 atom stereocenters. The molecule has 0 aliphatic rings. The minimum Gasteiger partial charge on any atom is -0.480 e. The number of hydrogen-bond acceptors (Lipinski definition) is 23. The van der Waals surface area contributed by atoms with E-state index in [0.29, 0.717) is 0 Å². The molecule has 0 spiro atoms. The van der Waals surface area contributed by atoms with Crippen LogP contribution in [0, 0.1) is 20.8 Å². The van der Waals surface area contributed by atoms with Crippen molar-refractivity contribution in [3.05, 3.63) is 66.4 Å². The van der Waals surface area contributed by atoms with Gasteiger partial charge >= 0.3 is 72.3 Å². The highest BCUT2D eigenvalue weighted by molar-refractivity contribution is 6.28. The summed E-state index contributed by atoms with van der Waals surface area (Å²) < 4.78 is 62.1. The van der Waals surface area contributed by atoms with Crippen molar-refractivity contribution in [2.45, 2.75) is 132 Å². The van der Waals surface area contributed by atoms with Crippen molar-refractivity contribution in [2.75, 3.05) is 6.61 Å². The molecule has 75 heavy (non-hydrogen) atoms. The Morgan fingerprint density at radius 3 is 1.11 bits per heavy atom. The first-order valence-electron chi connectivity index (χ1n) is 21.6. The molecule has 0 bridgehead atoms. The summed E-state index contributed by atoms with van der Waals surface area (Å²) in [5.74, 6) is -6.00. The number of carboxylic acids is 1. The lowest BCUT2D eigenvalue weighted by atomic mass is 10.1. The Morgan fingerprint density at radius 2 is 0.840 bits per heavy atom. The molecule has 3 heterocycles. The fraction of sp³-hybridized carbons (Fsp3) is 0.467. The summed E-state index contributed by atoms with van der Waals surface area (Å²) in [6.07, 6.45) is -0.715. The summed E-state index contributed by atoms with van der Waals surface area (Å²) in [6, 6.07) is -3.49. The highest BCUT2D eigenvalue weighted by Crippen LogP contribution is 2.11. The summed E-state index contributed by atoms with van der Waals surface area (Å²) >= 11 is 0. The van der Waals surface area contributed by atoms with Gasteiger partial charge in [0, 0.05) is 19.3 Å². The third-order valence-corrected chi connectivity index (χ3v) is 8.64. The Morgan fingerprint density at radius 1 is 0.533 bits per heavy atom. The third-order valence-electron chi connectivity index (χ3n) is 8.64. The van der Waals surface area contributed by atoms with Gasteiger partial charge in [-0.25, -0.2) is 43.2 Å². The van der Waals surface area contributed by atoms with Gasteiger partial charge in [-0.2, -0.15) is 0 Å². The molecule has 410 valence electrons.